The molecule has 1 aromatic carbocycles. The lowest BCUT2D eigenvalue weighted by Crippen LogP contribution is -2.44. The van der Waals surface area contributed by atoms with Gasteiger partial charge in [0.15, 0.2) is 12.0 Å². The van der Waals surface area contributed by atoms with Gasteiger partial charge in [-0.25, -0.2) is 0 Å². The van der Waals surface area contributed by atoms with Crippen LogP contribution in [-0.2, 0) is 24.5 Å². The van der Waals surface area contributed by atoms with Gasteiger partial charge >= 0.3 is 0 Å². The molecule has 4 rings (SSSR count). The lowest BCUT2D eigenvalue weighted by atomic mass is 9.68. The highest BCUT2D eigenvalue weighted by atomic mass is 127. The molecule has 0 saturated heterocycles. The number of Topliss-reactive ketones (excluding diaryl/α,β-unsaturated/α-hetero) is 1. The number of ether oxygens (including phenoxy) is 2. The number of rotatable bonds is 0. The molecule has 3 aliphatic heterocycles. The van der Waals surface area contributed by atoms with Gasteiger partial charge in [-0.05, 0) is 40.8 Å². The average molecular weight is 421 g/mol. The SMILES string of the molecule is N#CC1=C(N)OC2=C(C(=O)CO2)C12C(=O)Nc1ccc(I)cc12. The average Bonchev–Trinajstić information content (AvgIpc) is 3.00. The summed E-state index contributed by atoms with van der Waals surface area (Å²) in [5, 5.41) is 12.3. The molecule has 1 atom stereocenters. The summed E-state index contributed by atoms with van der Waals surface area (Å²) in [4.78, 5) is 25.2. The predicted octanol–water partition coefficient (Wildman–Crippen LogP) is 1.02. The Morgan fingerprint density at radius 2 is 2.17 bits per heavy atom. The zero-order valence-corrected chi connectivity index (χ0v) is 13.6. The fraction of sp³-hybridized carbons (Fsp3) is 0.133. The van der Waals surface area contributed by atoms with Gasteiger partial charge in [0.25, 0.3) is 5.95 Å². The number of hydrogen-bond donors (Lipinski definition) is 2. The molecule has 0 bridgehead atoms. The van der Waals surface area contributed by atoms with Crippen LogP contribution >= 0.6 is 22.6 Å². The molecule has 3 heterocycles. The summed E-state index contributed by atoms with van der Waals surface area (Å²) in [6, 6.07) is 7.23. The summed E-state index contributed by atoms with van der Waals surface area (Å²) in [5.41, 5.74) is 5.18. The zero-order chi connectivity index (χ0) is 16.4. The maximum atomic E-state index is 12.9. The summed E-state index contributed by atoms with van der Waals surface area (Å²) < 4.78 is 11.3. The van der Waals surface area contributed by atoms with Gasteiger partial charge in [-0.1, -0.05) is 0 Å². The van der Waals surface area contributed by atoms with E-state index in [1.807, 2.05) is 12.1 Å². The van der Waals surface area contributed by atoms with Crippen LogP contribution in [0.25, 0.3) is 0 Å². The number of benzene rings is 1. The van der Waals surface area contributed by atoms with Crippen LogP contribution in [-0.4, -0.2) is 18.3 Å². The summed E-state index contributed by atoms with van der Waals surface area (Å²) in [6.45, 7) is -0.245. The maximum absolute atomic E-state index is 12.9. The molecule has 7 nitrogen and oxygen atoms in total. The number of halogens is 1. The smallest absolute Gasteiger partial charge is 0.295 e. The Kier molecular flexibility index (Phi) is 2.74. The minimum absolute atomic E-state index is 0.0292. The van der Waals surface area contributed by atoms with Crippen molar-refractivity contribution in [1.29, 1.82) is 5.26 Å². The number of amides is 1. The number of hydrogen-bond acceptors (Lipinski definition) is 6. The topological polar surface area (TPSA) is 114 Å². The van der Waals surface area contributed by atoms with Crippen LogP contribution in [0.3, 0.4) is 0 Å². The molecule has 0 aromatic heterocycles. The molecule has 0 radical (unpaired) electrons. The molecule has 0 fully saturated rings. The van der Waals surface area contributed by atoms with E-state index in [0.29, 0.717) is 11.3 Å². The first-order valence-electron chi connectivity index (χ1n) is 6.60. The summed E-state index contributed by atoms with van der Waals surface area (Å²) in [5.74, 6) is -1.25. The molecule has 1 unspecified atom stereocenters. The van der Waals surface area contributed by atoms with Crippen molar-refractivity contribution >= 4 is 40.0 Å². The number of nitrogens with zero attached hydrogens (tertiary/aromatic N) is 1. The highest BCUT2D eigenvalue weighted by molar-refractivity contribution is 14.1. The quantitative estimate of drug-likeness (QED) is 0.605. The number of ketones is 1. The second kappa shape index (κ2) is 4.48. The second-order valence-corrected chi connectivity index (χ2v) is 6.47. The minimum Gasteiger partial charge on any atom is -0.456 e. The van der Waals surface area contributed by atoms with Crippen LogP contribution in [0.15, 0.2) is 41.2 Å². The van der Waals surface area contributed by atoms with Gasteiger partial charge in [0.05, 0.1) is 0 Å². The van der Waals surface area contributed by atoms with Gasteiger partial charge in [-0.15, -0.1) is 0 Å². The fourth-order valence-electron chi connectivity index (χ4n) is 3.20. The Hall–Kier alpha value is -2.54. The van der Waals surface area contributed by atoms with E-state index >= 15 is 0 Å². The zero-order valence-electron chi connectivity index (χ0n) is 11.5. The highest BCUT2D eigenvalue weighted by Crippen LogP contribution is 2.53. The van der Waals surface area contributed by atoms with Crippen LogP contribution in [0.2, 0.25) is 0 Å². The van der Waals surface area contributed by atoms with E-state index < -0.39 is 17.1 Å². The van der Waals surface area contributed by atoms with E-state index in [2.05, 4.69) is 27.9 Å². The highest BCUT2D eigenvalue weighted by Gasteiger charge is 2.61. The standard InChI is InChI=1S/C15H8IN3O4/c16-6-1-2-9-7(3-6)15(14(21)19-9)8(4-17)12(18)23-13-11(15)10(20)5-22-13/h1-3H,5,18H2,(H,19,21). The van der Waals surface area contributed by atoms with Crippen LogP contribution in [0.4, 0.5) is 5.69 Å². The normalized spacial score (nSPS) is 24.9. The molecule has 23 heavy (non-hydrogen) atoms. The van der Waals surface area contributed by atoms with Crippen molar-refractivity contribution < 1.29 is 19.1 Å². The van der Waals surface area contributed by atoms with E-state index in [0.717, 1.165) is 3.57 Å². The van der Waals surface area contributed by atoms with Crippen molar-refractivity contribution in [2.24, 2.45) is 5.73 Å². The van der Waals surface area contributed by atoms with Crippen molar-refractivity contribution in [1.82, 2.24) is 0 Å². The van der Waals surface area contributed by atoms with Crippen LogP contribution in [0, 0.1) is 14.9 Å². The van der Waals surface area contributed by atoms with E-state index in [-0.39, 0.29) is 29.6 Å². The third-order valence-electron chi connectivity index (χ3n) is 4.10. The Labute approximate surface area is 143 Å². The van der Waals surface area contributed by atoms with Gasteiger partial charge < -0.3 is 20.5 Å². The van der Waals surface area contributed by atoms with Crippen LogP contribution in [0.1, 0.15) is 5.56 Å². The summed E-state index contributed by atoms with van der Waals surface area (Å²) in [6.07, 6.45) is 0. The molecule has 3 aliphatic rings. The molecular formula is C15H8IN3O4. The van der Waals surface area contributed by atoms with Gasteiger partial charge in [0.1, 0.15) is 17.2 Å². The molecule has 3 N–H and O–H groups in total. The van der Waals surface area contributed by atoms with Gasteiger partial charge in [-0.2, -0.15) is 5.26 Å². The Morgan fingerprint density at radius 1 is 1.39 bits per heavy atom. The summed E-state index contributed by atoms with van der Waals surface area (Å²) in [7, 11) is 0. The number of carbonyl (C=O) groups excluding carboxylic acids is 2. The second-order valence-electron chi connectivity index (χ2n) is 5.22. The molecule has 1 aromatic rings. The molecule has 1 spiro atoms. The Balaban J connectivity index is 2.14. The van der Waals surface area contributed by atoms with E-state index in [1.54, 1.807) is 12.1 Å². The summed E-state index contributed by atoms with van der Waals surface area (Å²) >= 11 is 2.10. The van der Waals surface area contributed by atoms with Crippen LogP contribution < -0.4 is 11.1 Å². The van der Waals surface area contributed by atoms with Crippen molar-refractivity contribution in [2.75, 3.05) is 11.9 Å². The van der Waals surface area contributed by atoms with E-state index in [4.69, 9.17) is 15.2 Å². The van der Waals surface area contributed by atoms with Crippen molar-refractivity contribution in [3.8, 4) is 6.07 Å². The lowest BCUT2D eigenvalue weighted by Gasteiger charge is -2.31. The first kappa shape index (κ1) is 14.1. The maximum Gasteiger partial charge on any atom is 0.295 e. The van der Waals surface area contributed by atoms with Crippen molar-refractivity contribution in [2.45, 2.75) is 5.41 Å². The van der Waals surface area contributed by atoms with Crippen LogP contribution in [0.5, 0.6) is 0 Å². The number of anilines is 1. The third-order valence-corrected chi connectivity index (χ3v) is 4.77. The lowest BCUT2D eigenvalue weighted by molar-refractivity contribution is -0.122. The van der Waals surface area contributed by atoms with E-state index in [9.17, 15) is 14.9 Å². The van der Waals surface area contributed by atoms with Gasteiger partial charge in [0.2, 0.25) is 17.6 Å². The number of nitrogens with two attached hydrogens (primary N) is 1. The fourth-order valence-corrected chi connectivity index (χ4v) is 3.69. The third kappa shape index (κ3) is 1.57. The van der Waals surface area contributed by atoms with Crippen molar-refractivity contribution in [3.05, 3.63) is 50.3 Å². The number of nitrogens with one attached hydrogen (secondary N) is 1. The van der Waals surface area contributed by atoms with E-state index in [1.165, 1.54) is 0 Å². The Bertz CT molecular complexity index is 912. The first-order valence-corrected chi connectivity index (χ1v) is 7.68. The number of carbonyl (C=O) groups is 2. The monoisotopic (exact) mass is 421 g/mol. The molecule has 1 amide bonds. The minimum atomic E-state index is -1.61. The number of fused-ring (bicyclic) bond motifs is 3. The van der Waals surface area contributed by atoms with Gasteiger partial charge in [-0.3, -0.25) is 9.59 Å². The molecule has 0 aliphatic carbocycles. The predicted molar refractivity (Wildman–Crippen MR) is 85.4 cm³/mol. The molecular weight excluding hydrogens is 413 g/mol. The molecule has 8 heteroatoms. The molecule has 114 valence electrons. The first-order chi connectivity index (χ1) is 11.0. The Morgan fingerprint density at radius 3 is 2.91 bits per heavy atom. The number of nitriles is 1. The molecule has 0 saturated carbocycles. The van der Waals surface area contributed by atoms with Gasteiger partial charge in [0, 0.05) is 14.8 Å². The largest absolute Gasteiger partial charge is 0.456 e. The van der Waals surface area contributed by atoms with Crippen molar-refractivity contribution in [3.63, 3.8) is 0 Å².